The van der Waals surface area contributed by atoms with Gasteiger partial charge in [0.25, 0.3) is 5.91 Å². The Kier molecular flexibility index (Phi) is 7.12. The first-order valence-corrected chi connectivity index (χ1v) is 11.3. The highest BCUT2D eigenvalue weighted by atomic mass is 16.5. The third-order valence-corrected chi connectivity index (χ3v) is 5.83. The number of imidazole rings is 1. The van der Waals surface area contributed by atoms with Crippen molar-refractivity contribution in [3.63, 3.8) is 0 Å². The van der Waals surface area contributed by atoms with E-state index in [4.69, 9.17) is 4.74 Å². The van der Waals surface area contributed by atoms with E-state index in [1.165, 1.54) is 0 Å². The molecule has 0 spiro atoms. The summed E-state index contributed by atoms with van der Waals surface area (Å²) < 4.78 is 9.32. The lowest BCUT2D eigenvalue weighted by molar-refractivity contribution is -0.117. The Labute approximate surface area is 204 Å². The molecule has 0 radical (unpaired) electrons. The number of hydrogen-bond acceptors (Lipinski definition) is 4. The first-order valence-electron chi connectivity index (χ1n) is 11.3. The van der Waals surface area contributed by atoms with Crippen molar-refractivity contribution >= 4 is 12.0 Å². The van der Waals surface area contributed by atoms with Gasteiger partial charge in [-0.05, 0) is 66.9 Å². The largest absolute Gasteiger partial charge is 0.497 e. The minimum absolute atomic E-state index is 0.0644. The van der Waals surface area contributed by atoms with Crippen LogP contribution >= 0.6 is 0 Å². The van der Waals surface area contributed by atoms with Crippen LogP contribution in [0.5, 0.6) is 5.75 Å². The molecule has 2 heterocycles. The lowest BCUT2D eigenvalue weighted by atomic mass is 10.1. The number of carbonyl (C=O) groups excluding carboxylic acids is 1. The molecule has 7 heteroatoms. The fraction of sp³-hybridized carbons (Fsp3) is 0.179. The van der Waals surface area contributed by atoms with Crippen LogP contribution in [0.15, 0.2) is 78.9 Å². The zero-order chi connectivity index (χ0) is 24.8. The molecule has 1 N–H and O–H groups in total. The normalized spacial score (nSPS) is 11.2. The molecule has 0 saturated heterocycles. The average Bonchev–Trinajstić information content (AvgIpc) is 3.48. The van der Waals surface area contributed by atoms with Crippen LogP contribution in [-0.2, 0) is 17.9 Å². The predicted molar refractivity (Wildman–Crippen MR) is 135 cm³/mol. The molecule has 1 amide bonds. The molecular weight excluding hydrogens is 438 g/mol. The van der Waals surface area contributed by atoms with E-state index >= 15 is 0 Å². The van der Waals surface area contributed by atoms with Crippen LogP contribution in [0.25, 0.3) is 11.8 Å². The van der Waals surface area contributed by atoms with Crippen molar-refractivity contribution in [3.05, 3.63) is 107 Å². The molecular formula is C28H27N5O2. The molecule has 0 aliphatic heterocycles. The van der Waals surface area contributed by atoms with E-state index in [2.05, 4.69) is 20.9 Å². The fourth-order valence-electron chi connectivity index (χ4n) is 4.07. The Hall–Kier alpha value is -4.57. The lowest BCUT2D eigenvalue weighted by Crippen LogP contribution is -2.24. The van der Waals surface area contributed by atoms with Crippen molar-refractivity contribution in [1.82, 2.24) is 19.4 Å². The summed E-state index contributed by atoms with van der Waals surface area (Å²) in [7, 11) is 1.64. The molecule has 4 rings (SSSR count). The number of aromatic nitrogens is 3. The van der Waals surface area contributed by atoms with Gasteiger partial charge in [-0.15, -0.1) is 0 Å². The van der Waals surface area contributed by atoms with Gasteiger partial charge in [0.2, 0.25) is 0 Å². The van der Waals surface area contributed by atoms with Gasteiger partial charge in [-0.3, -0.25) is 4.79 Å². The molecule has 0 aliphatic carbocycles. The van der Waals surface area contributed by atoms with Crippen LogP contribution in [0.4, 0.5) is 0 Å². The predicted octanol–water partition coefficient (Wildman–Crippen LogP) is 4.57. The van der Waals surface area contributed by atoms with Crippen LogP contribution < -0.4 is 10.1 Å². The van der Waals surface area contributed by atoms with Crippen LogP contribution in [0.2, 0.25) is 0 Å². The summed E-state index contributed by atoms with van der Waals surface area (Å²) >= 11 is 0. The molecule has 0 saturated carbocycles. The smallest absolute Gasteiger partial charge is 0.262 e. The zero-order valence-corrected chi connectivity index (χ0v) is 20.0. The van der Waals surface area contributed by atoms with Crippen molar-refractivity contribution in [2.45, 2.75) is 26.9 Å². The maximum Gasteiger partial charge on any atom is 0.262 e. The molecule has 0 fully saturated rings. The topological polar surface area (TPSA) is 84.9 Å². The van der Waals surface area contributed by atoms with E-state index in [1.54, 1.807) is 25.7 Å². The number of nitrogens with one attached hydrogen (secondary N) is 1. The van der Waals surface area contributed by atoms with Crippen LogP contribution in [0.3, 0.4) is 0 Å². The molecule has 0 unspecified atom stereocenters. The summed E-state index contributed by atoms with van der Waals surface area (Å²) in [5, 5.41) is 12.5. The van der Waals surface area contributed by atoms with Gasteiger partial charge in [0.15, 0.2) is 0 Å². The Balaban J connectivity index is 1.48. The Morgan fingerprint density at radius 3 is 2.60 bits per heavy atom. The van der Waals surface area contributed by atoms with Gasteiger partial charge in [-0.25, -0.2) is 4.98 Å². The summed E-state index contributed by atoms with van der Waals surface area (Å²) in [6.45, 7) is 5.01. The van der Waals surface area contributed by atoms with Crippen LogP contribution in [0.1, 0.15) is 28.1 Å². The van der Waals surface area contributed by atoms with E-state index in [0.29, 0.717) is 13.1 Å². The van der Waals surface area contributed by atoms with Crippen molar-refractivity contribution in [2.24, 2.45) is 0 Å². The second-order valence-corrected chi connectivity index (χ2v) is 8.27. The molecule has 2 aromatic carbocycles. The monoisotopic (exact) mass is 465 g/mol. The second kappa shape index (κ2) is 10.6. The maximum atomic E-state index is 12.8. The number of ether oxygens (including phenoxy) is 1. The van der Waals surface area contributed by atoms with E-state index in [9.17, 15) is 10.1 Å². The lowest BCUT2D eigenvalue weighted by Gasteiger charge is -2.10. The molecule has 7 nitrogen and oxygen atoms in total. The fourth-order valence-corrected chi connectivity index (χ4v) is 4.07. The number of benzene rings is 2. The summed E-state index contributed by atoms with van der Waals surface area (Å²) in [6.07, 6.45) is 7.06. The van der Waals surface area contributed by atoms with Crippen molar-refractivity contribution in [3.8, 4) is 17.5 Å². The second-order valence-electron chi connectivity index (χ2n) is 8.27. The number of carbonyl (C=O) groups is 1. The molecule has 176 valence electrons. The number of nitrogens with zero attached hydrogens (tertiary/aromatic N) is 4. The SMILES string of the molecule is COc1ccc(-n2c(C)cc(/C=C(\C#N)C(=O)NCc3cccc(Cn4ccnc4)c3)c2C)cc1. The molecule has 0 aliphatic rings. The summed E-state index contributed by atoms with van der Waals surface area (Å²) in [5.41, 5.74) is 5.90. The van der Waals surface area contributed by atoms with Crippen LogP contribution in [0, 0.1) is 25.2 Å². The number of hydrogen-bond donors (Lipinski definition) is 1. The first-order chi connectivity index (χ1) is 17.0. The van der Waals surface area contributed by atoms with Crippen molar-refractivity contribution in [2.75, 3.05) is 7.11 Å². The minimum atomic E-state index is -0.401. The third kappa shape index (κ3) is 5.50. The van der Waals surface area contributed by atoms with Gasteiger partial charge < -0.3 is 19.2 Å². The van der Waals surface area contributed by atoms with Gasteiger partial charge in [0.1, 0.15) is 17.4 Å². The molecule has 0 atom stereocenters. The standard InChI is InChI=1S/C28H27N5O2/c1-20-13-24(21(2)33(20)26-7-9-27(35-3)10-8-26)15-25(16-29)28(34)31-17-22-5-4-6-23(14-22)18-32-12-11-30-19-32/h4-15,19H,17-18H2,1-3H3,(H,31,34)/b25-15+. The first kappa shape index (κ1) is 23.6. The van der Waals surface area contributed by atoms with E-state index < -0.39 is 5.91 Å². The highest BCUT2D eigenvalue weighted by Crippen LogP contribution is 2.24. The van der Waals surface area contributed by atoms with E-state index in [1.807, 2.05) is 79.2 Å². The van der Waals surface area contributed by atoms with Gasteiger partial charge >= 0.3 is 0 Å². The number of amides is 1. The quantitative estimate of drug-likeness (QED) is 0.305. The highest BCUT2D eigenvalue weighted by Gasteiger charge is 2.14. The number of rotatable bonds is 8. The van der Waals surface area contributed by atoms with Gasteiger partial charge in [-0.1, -0.05) is 24.3 Å². The Morgan fingerprint density at radius 2 is 1.91 bits per heavy atom. The molecule has 0 bridgehead atoms. The summed E-state index contributed by atoms with van der Waals surface area (Å²) in [4.78, 5) is 16.9. The van der Waals surface area contributed by atoms with Gasteiger partial charge in [0.05, 0.1) is 13.4 Å². The molecule has 4 aromatic rings. The van der Waals surface area contributed by atoms with Gasteiger partial charge in [0, 0.05) is 42.6 Å². The van der Waals surface area contributed by atoms with E-state index in [0.717, 1.165) is 39.5 Å². The van der Waals surface area contributed by atoms with Crippen LogP contribution in [-0.4, -0.2) is 27.1 Å². The number of aryl methyl sites for hydroxylation is 1. The van der Waals surface area contributed by atoms with E-state index in [-0.39, 0.29) is 5.57 Å². The number of nitriles is 1. The Morgan fingerprint density at radius 1 is 1.14 bits per heavy atom. The third-order valence-electron chi connectivity index (χ3n) is 5.83. The van der Waals surface area contributed by atoms with Crippen molar-refractivity contribution < 1.29 is 9.53 Å². The highest BCUT2D eigenvalue weighted by molar-refractivity contribution is 6.01. The number of methoxy groups -OCH3 is 1. The summed E-state index contributed by atoms with van der Waals surface area (Å²) in [6, 6.07) is 19.8. The van der Waals surface area contributed by atoms with Crippen molar-refractivity contribution in [1.29, 1.82) is 5.26 Å². The molecule has 2 aromatic heterocycles. The maximum absolute atomic E-state index is 12.8. The molecule has 35 heavy (non-hydrogen) atoms. The minimum Gasteiger partial charge on any atom is -0.497 e. The average molecular weight is 466 g/mol. The zero-order valence-electron chi connectivity index (χ0n) is 20.0. The Bertz CT molecular complexity index is 1390. The van der Waals surface area contributed by atoms with Gasteiger partial charge in [-0.2, -0.15) is 5.26 Å². The summed E-state index contributed by atoms with van der Waals surface area (Å²) in [5.74, 6) is 0.383.